The Morgan fingerprint density at radius 3 is 0.719 bits per heavy atom. The highest BCUT2D eigenvalue weighted by Crippen LogP contribution is 2.23. The van der Waals surface area contributed by atoms with Crippen molar-refractivity contribution in [1.82, 2.24) is 19.6 Å². The molecule has 4 atom stereocenters. The van der Waals surface area contributed by atoms with E-state index in [2.05, 4.69) is 0 Å². The Morgan fingerprint density at radius 1 is 0.368 bits per heavy atom. The van der Waals surface area contributed by atoms with Gasteiger partial charge >= 0.3 is 0 Å². The number of nitrogens with zero attached hydrogens (tertiary/aromatic N) is 4. The molecule has 0 aromatic rings. The van der Waals surface area contributed by atoms with Crippen molar-refractivity contribution in [3.05, 3.63) is 48.6 Å². The molecule has 20 heteroatoms. The van der Waals surface area contributed by atoms with Crippen molar-refractivity contribution in [2.75, 3.05) is 79.0 Å². The molecule has 0 aliphatic carbocycles. The summed E-state index contributed by atoms with van der Waals surface area (Å²) < 4.78 is 23.8. The summed E-state index contributed by atoms with van der Waals surface area (Å²) in [5, 5.41) is 42.0. The second-order valence-electron chi connectivity index (χ2n) is 14.0. The van der Waals surface area contributed by atoms with E-state index in [9.17, 15) is 58.8 Å². The second kappa shape index (κ2) is 21.6. The number of carbonyl (C=O) groups is 8. The van der Waals surface area contributed by atoms with Gasteiger partial charge in [0, 0.05) is 75.0 Å². The zero-order valence-electron chi connectivity index (χ0n) is 31.2. The first-order valence-corrected chi connectivity index (χ1v) is 18.4. The van der Waals surface area contributed by atoms with Gasteiger partial charge in [-0.05, 0) is 25.7 Å². The predicted octanol–water partition coefficient (Wildman–Crippen LogP) is -3.26. The molecule has 0 bridgehead atoms. The molecular weight excluding hydrogens is 756 g/mol. The van der Waals surface area contributed by atoms with Crippen LogP contribution in [0, 0.1) is 5.41 Å². The van der Waals surface area contributed by atoms with Gasteiger partial charge in [-0.15, -0.1) is 0 Å². The fraction of sp³-hybridized carbons (Fsp3) is 0.568. The minimum absolute atomic E-state index is 0.0225. The summed E-state index contributed by atoms with van der Waals surface area (Å²) in [7, 11) is 0. The molecule has 4 heterocycles. The van der Waals surface area contributed by atoms with Crippen LogP contribution in [0.3, 0.4) is 0 Å². The molecule has 4 aliphatic rings. The van der Waals surface area contributed by atoms with Crippen molar-refractivity contribution in [3.8, 4) is 0 Å². The van der Waals surface area contributed by atoms with E-state index in [1.54, 1.807) is 0 Å². The lowest BCUT2D eigenvalue weighted by Crippen LogP contribution is -2.43. The highest BCUT2D eigenvalue weighted by Gasteiger charge is 2.34. The molecule has 312 valence electrons. The molecule has 4 N–H and O–H groups in total. The minimum atomic E-state index is -1.13. The molecule has 0 fully saturated rings. The van der Waals surface area contributed by atoms with Gasteiger partial charge in [-0.1, -0.05) is 0 Å². The lowest BCUT2D eigenvalue weighted by Gasteiger charge is -2.33. The number of rotatable bonds is 28. The van der Waals surface area contributed by atoms with E-state index in [0.29, 0.717) is 0 Å². The van der Waals surface area contributed by atoms with Gasteiger partial charge in [0.25, 0.3) is 47.3 Å². The van der Waals surface area contributed by atoms with Crippen LogP contribution in [0.15, 0.2) is 48.6 Å². The third-order valence-electron chi connectivity index (χ3n) is 9.19. The zero-order valence-corrected chi connectivity index (χ0v) is 31.2. The number of hydrogen-bond donors (Lipinski definition) is 4. The largest absolute Gasteiger partial charge is 0.391 e. The highest BCUT2D eigenvalue weighted by molar-refractivity contribution is 6.14. The van der Waals surface area contributed by atoms with E-state index in [1.165, 1.54) is 0 Å². The van der Waals surface area contributed by atoms with Gasteiger partial charge in [0.15, 0.2) is 0 Å². The first kappa shape index (κ1) is 44.9. The van der Waals surface area contributed by atoms with Gasteiger partial charge in [0.1, 0.15) is 0 Å². The number of amides is 8. The second-order valence-corrected chi connectivity index (χ2v) is 14.0. The molecule has 0 radical (unpaired) electrons. The number of aliphatic hydroxyl groups excluding tert-OH is 4. The number of aliphatic hydroxyl groups is 4. The Morgan fingerprint density at radius 2 is 0.544 bits per heavy atom. The van der Waals surface area contributed by atoms with E-state index >= 15 is 0 Å². The van der Waals surface area contributed by atoms with Crippen molar-refractivity contribution in [2.24, 2.45) is 5.41 Å². The van der Waals surface area contributed by atoms with Gasteiger partial charge in [0.05, 0.1) is 82.4 Å². The monoisotopic (exact) mass is 804 g/mol. The third kappa shape index (κ3) is 13.7. The number of imide groups is 4. The Balaban J connectivity index is 1.37. The van der Waals surface area contributed by atoms with Crippen LogP contribution >= 0.6 is 0 Å². The van der Waals surface area contributed by atoms with Crippen LogP contribution in [0.25, 0.3) is 0 Å². The topological polar surface area (TPSA) is 267 Å². The Labute approximate surface area is 327 Å². The fourth-order valence-corrected chi connectivity index (χ4v) is 5.93. The summed E-state index contributed by atoms with van der Waals surface area (Å²) in [6.07, 6.45) is 4.46. The molecule has 20 nitrogen and oxygen atoms in total. The van der Waals surface area contributed by atoms with E-state index in [-0.39, 0.29) is 105 Å². The highest BCUT2D eigenvalue weighted by atomic mass is 16.5. The molecule has 4 rings (SSSR count). The van der Waals surface area contributed by atoms with Gasteiger partial charge in [-0.2, -0.15) is 0 Å². The van der Waals surface area contributed by atoms with E-state index in [1.807, 2.05) is 0 Å². The number of carbonyl (C=O) groups excluding carboxylic acids is 8. The van der Waals surface area contributed by atoms with Crippen LogP contribution in [-0.2, 0) is 57.3 Å². The average molecular weight is 805 g/mol. The Hall–Kier alpha value is -4.80. The molecule has 57 heavy (non-hydrogen) atoms. The van der Waals surface area contributed by atoms with Gasteiger partial charge in [-0.25, -0.2) is 0 Å². The van der Waals surface area contributed by atoms with Crippen molar-refractivity contribution in [2.45, 2.75) is 50.1 Å². The molecular formula is C37H48N4O16. The maximum atomic E-state index is 11.9. The normalized spacial score (nSPS) is 20.0. The molecule has 0 aromatic heterocycles. The maximum Gasteiger partial charge on any atom is 0.253 e. The summed E-state index contributed by atoms with van der Waals surface area (Å²) in [6, 6.07) is 0. The SMILES string of the molecule is O=C1C=CC(=O)N1CC(O)CCOCC(COCCC(O)CN1C(=O)C=CC1=O)(COCCC(O)CN1C(=O)C=CC1=O)COCCC(O)CN1C(=O)C=CC1=O. The predicted molar refractivity (Wildman–Crippen MR) is 192 cm³/mol. The van der Waals surface area contributed by atoms with Gasteiger partial charge < -0.3 is 39.4 Å². The summed E-state index contributed by atoms with van der Waals surface area (Å²) in [6.45, 7) is -1.68. The maximum absolute atomic E-state index is 11.9. The molecule has 0 saturated heterocycles. The van der Waals surface area contributed by atoms with Gasteiger partial charge in [0.2, 0.25) is 0 Å². The summed E-state index contributed by atoms with van der Waals surface area (Å²) in [5.74, 6) is -4.40. The minimum Gasteiger partial charge on any atom is -0.391 e. The van der Waals surface area contributed by atoms with Crippen LogP contribution in [0.1, 0.15) is 25.7 Å². The average Bonchev–Trinajstić information content (AvgIpc) is 3.88. The number of hydrogen-bond acceptors (Lipinski definition) is 16. The molecule has 4 aliphatic heterocycles. The van der Waals surface area contributed by atoms with Crippen LogP contribution in [-0.4, -0.2) is 191 Å². The molecule has 4 unspecified atom stereocenters. The first-order chi connectivity index (χ1) is 27.2. The van der Waals surface area contributed by atoms with Crippen LogP contribution < -0.4 is 0 Å². The van der Waals surface area contributed by atoms with Crippen molar-refractivity contribution < 1.29 is 77.7 Å². The third-order valence-corrected chi connectivity index (χ3v) is 9.19. The van der Waals surface area contributed by atoms with Crippen LogP contribution in [0.2, 0.25) is 0 Å². The smallest absolute Gasteiger partial charge is 0.253 e. The van der Waals surface area contributed by atoms with Gasteiger partial charge in [-0.3, -0.25) is 58.0 Å². The quantitative estimate of drug-likeness (QED) is 0.0447. The molecule has 8 amide bonds. The van der Waals surface area contributed by atoms with E-state index < -0.39 is 77.1 Å². The van der Waals surface area contributed by atoms with E-state index in [0.717, 1.165) is 68.2 Å². The van der Waals surface area contributed by atoms with Crippen LogP contribution in [0.5, 0.6) is 0 Å². The van der Waals surface area contributed by atoms with E-state index in [4.69, 9.17) is 18.9 Å². The summed E-state index contributed by atoms with van der Waals surface area (Å²) in [4.78, 5) is 98.9. The first-order valence-electron chi connectivity index (χ1n) is 18.4. The lowest BCUT2D eigenvalue weighted by molar-refractivity contribution is -0.140. The molecule has 0 aromatic carbocycles. The van der Waals surface area contributed by atoms with Crippen molar-refractivity contribution in [3.63, 3.8) is 0 Å². The Kier molecular flexibility index (Phi) is 17.1. The summed E-state index contributed by atoms with van der Waals surface area (Å²) >= 11 is 0. The van der Waals surface area contributed by atoms with Crippen LogP contribution in [0.4, 0.5) is 0 Å². The van der Waals surface area contributed by atoms with Crippen molar-refractivity contribution >= 4 is 47.3 Å². The molecule has 0 saturated carbocycles. The number of β-amino-alcohol motifs (C(OH)–C–C–N with tert-alkyl or cyclic N) is 4. The number of ether oxygens (including phenoxy) is 4. The Bertz CT molecular complexity index is 1330. The summed E-state index contributed by atoms with van der Waals surface area (Å²) in [5.41, 5.74) is -1.13. The van der Waals surface area contributed by atoms with Crippen molar-refractivity contribution in [1.29, 1.82) is 0 Å². The zero-order chi connectivity index (χ0) is 41.5. The molecule has 0 spiro atoms. The lowest BCUT2D eigenvalue weighted by atomic mass is 9.92. The standard InChI is InChI=1S/C37H48N4O16/c42-25(17-38-29(46)1-2-30(38)47)9-13-54-21-37(22-55-14-10-26(43)18-39-31(48)3-4-32(39)49,23-56-15-11-27(44)19-40-33(50)5-6-34(40)51)24-57-16-12-28(45)20-41-35(52)7-8-36(41)53/h1-8,25-28,42-45H,9-24H2. The fourth-order valence-electron chi connectivity index (χ4n) is 5.93.